The van der Waals surface area contributed by atoms with Gasteiger partial charge in [0.2, 0.25) is 0 Å². The Morgan fingerprint density at radius 1 is 0.842 bits per heavy atom. The van der Waals surface area contributed by atoms with Crippen LogP contribution in [-0.4, -0.2) is 10.7 Å². The van der Waals surface area contributed by atoms with Gasteiger partial charge in [0.15, 0.2) is 0 Å². The maximum absolute atomic E-state index is 3.82. The molecular formula is C17H32Br2. The van der Waals surface area contributed by atoms with Gasteiger partial charge >= 0.3 is 0 Å². The SMILES string of the molecule is CCCCCCCCCC(CBr)(CBr)C1CCCC1. The minimum atomic E-state index is 0.542. The molecule has 0 spiro atoms. The van der Waals surface area contributed by atoms with Crippen molar-refractivity contribution in [2.45, 2.75) is 84.0 Å². The van der Waals surface area contributed by atoms with Gasteiger partial charge in [-0.25, -0.2) is 0 Å². The lowest BCUT2D eigenvalue weighted by molar-refractivity contribution is 0.209. The molecule has 0 radical (unpaired) electrons. The number of halogens is 2. The van der Waals surface area contributed by atoms with Gasteiger partial charge in [-0.2, -0.15) is 0 Å². The molecule has 0 nitrogen and oxygen atoms in total. The van der Waals surface area contributed by atoms with Crippen LogP contribution >= 0.6 is 31.9 Å². The van der Waals surface area contributed by atoms with Crippen LogP contribution < -0.4 is 0 Å². The van der Waals surface area contributed by atoms with Crippen molar-refractivity contribution in [1.82, 2.24) is 0 Å². The lowest BCUT2D eigenvalue weighted by Crippen LogP contribution is -2.32. The van der Waals surface area contributed by atoms with E-state index in [4.69, 9.17) is 0 Å². The van der Waals surface area contributed by atoms with Crippen LogP contribution in [0.15, 0.2) is 0 Å². The fourth-order valence-corrected chi connectivity index (χ4v) is 5.97. The molecule has 0 aromatic rings. The molecule has 19 heavy (non-hydrogen) atoms. The molecule has 0 N–H and O–H groups in total. The maximum Gasteiger partial charge on any atom is 0.00986 e. The second-order valence-corrected chi connectivity index (χ2v) is 7.60. The summed E-state index contributed by atoms with van der Waals surface area (Å²) in [4.78, 5) is 0. The zero-order chi connectivity index (χ0) is 14.0. The quantitative estimate of drug-likeness (QED) is 0.258. The van der Waals surface area contributed by atoms with E-state index in [2.05, 4.69) is 38.8 Å². The zero-order valence-electron chi connectivity index (χ0n) is 12.7. The van der Waals surface area contributed by atoms with E-state index in [1.807, 2.05) is 0 Å². The van der Waals surface area contributed by atoms with Gasteiger partial charge in [0.05, 0.1) is 0 Å². The van der Waals surface area contributed by atoms with Crippen molar-refractivity contribution in [3.8, 4) is 0 Å². The molecule has 0 saturated heterocycles. The molecule has 2 heteroatoms. The molecule has 0 aliphatic heterocycles. The molecule has 114 valence electrons. The fourth-order valence-electron chi connectivity index (χ4n) is 3.56. The number of hydrogen-bond donors (Lipinski definition) is 0. The number of alkyl halides is 2. The molecule has 1 aliphatic rings. The number of rotatable bonds is 11. The minimum absolute atomic E-state index is 0.542. The van der Waals surface area contributed by atoms with Gasteiger partial charge in [-0.15, -0.1) is 0 Å². The topological polar surface area (TPSA) is 0 Å². The highest BCUT2D eigenvalue weighted by atomic mass is 79.9. The summed E-state index contributed by atoms with van der Waals surface area (Å²) in [7, 11) is 0. The van der Waals surface area contributed by atoms with E-state index in [9.17, 15) is 0 Å². The van der Waals surface area contributed by atoms with Gasteiger partial charge in [-0.3, -0.25) is 0 Å². The summed E-state index contributed by atoms with van der Waals surface area (Å²) in [6, 6.07) is 0. The van der Waals surface area contributed by atoms with Crippen LogP contribution in [0.2, 0.25) is 0 Å². The van der Waals surface area contributed by atoms with Crippen molar-refractivity contribution in [3.63, 3.8) is 0 Å². The first kappa shape index (κ1) is 18.0. The van der Waals surface area contributed by atoms with Crippen LogP contribution in [0, 0.1) is 11.3 Å². The maximum atomic E-state index is 3.82. The third-order valence-electron chi connectivity index (χ3n) is 5.03. The van der Waals surface area contributed by atoms with E-state index in [0.717, 1.165) is 5.92 Å². The molecule has 0 unspecified atom stereocenters. The minimum Gasteiger partial charge on any atom is -0.0922 e. The molecule has 0 aromatic heterocycles. The zero-order valence-corrected chi connectivity index (χ0v) is 15.9. The first-order valence-corrected chi connectivity index (χ1v) is 10.7. The Kier molecular flexibility index (Phi) is 10.1. The number of unbranched alkanes of at least 4 members (excludes halogenated alkanes) is 6. The van der Waals surface area contributed by atoms with Crippen molar-refractivity contribution < 1.29 is 0 Å². The van der Waals surface area contributed by atoms with E-state index in [1.165, 1.54) is 87.7 Å². The Bertz CT molecular complexity index is 205. The molecular weight excluding hydrogens is 364 g/mol. The Morgan fingerprint density at radius 3 is 1.89 bits per heavy atom. The lowest BCUT2D eigenvalue weighted by atomic mass is 9.74. The molecule has 0 bridgehead atoms. The Labute approximate surface area is 137 Å². The smallest absolute Gasteiger partial charge is 0.00986 e. The lowest BCUT2D eigenvalue weighted by Gasteiger charge is -2.36. The highest BCUT2D eigenvalue weighted by Crippen LogP contribution is 2.45. The summed E-state index contributed by atoms with van der Waals surface area (Å²) >= 11 is 7.63. The van der Waals surface area contributed by atoms with Crippen LogP contribution in [0.25, 0.3) is 0 Å². The second kappa shape index (κ2) is 10.7. The van der Waals surface area contributed by atoms with Crippen LogP contribution in [-0.2, 0) is 0 Å². The number of hydrogen-bond acceptors (Lipinski definition) is 0. The summed E-state index contributed by atoms with van der Waals surface area (Å²) in [5, 5.41) is 2.37. The highest BCUT2D eigenvalue weighted by molar-refractivity contribution is 9.09. The van der Waals surface area contributed by atoms with Crippen LogP contribution in [0.4, 0.5) is 0 Å². The Hall–Kier alpha value is 0.960. The molecule has 0 atom stereocenters. The van der Waals surface area contributed by atoms with Crippen LogP contribution in [0.1, 0.15) is 84.0 Å². The van der Waals surface area contributed by atoms with E-state index in [-0.39, 0.29) is 0 Å². The van der Waals surface area contributed by atoms with Crippen molar-refractivity contribution in [2.75, 3.05) is 10.7 Å². The van der Waals surface area contributed by atoms with Gasteiger partial charge in [-0.1, -0.05) is 96.6 Å². The third kappa shape index (κ3) is 6.08. The van der Waals surface area contributed by atoms with E-state index >= 15 is 0 Å². The van der Waals surface area contributed by atoms with Gasteiger partial charge in [0, 0.05) is 10.7 Å². The first-order chi connectivity index (χ1) is 9.29. The third-order valence-corrected chi connectivity index (χ3v) is 7.27. The van der Waals surface area contributed by atoms with E-state index in [1.54, 1.807) is 0 Å². The van der Waals surface area contributed by atoms with Crippen molar-refractivity contribution in [2.24, 2.45) is 11.3 Å². The van der Waals surface area contributed by atoms with Gasteiger partial charge in [0.25, 0.3) is 0 Å². The fraction of sp³-hybridized carbons (Fsp3) is 1.00. The van der Waals surface area contributed by atoms with Crippen molar-refractivity contribution >= 4 is 31.9 Å². The predicted octanol–water partition coefficient (Wildman–Crippen LogP) is 7.09. The normalized spacial score (nSPS) is 17.2. The predicted molar refractivity (Wildman–Crippen MR) is 94.6 cm³/mol. The van der Waals surface area contributed by atoms with E-state index < -0.39 is 0 Å². The molecule has 1 saturated carbocycles. The Morgan fingerprint density at radius 2 is 1.37 bits per heavy atom. The average Bonchev–Trinajstić information content (AvgIpc) is 2.97. The Balaban J connectivity index is 2.22. The molecule has 1 aliphatic carbocycles. The second-order valence-electron chi connectivity index (χ2n) is 6.48. The van der Waals surface area contributed by atoms with Crippen molar-refractivity contribution in [3.05, 3.63) is 0 Å². The van der Waals surface area contributed by atoms with Crippen LogP contribution in [0.5, 0.6) is 0 Å². The molecule has 0 aromatic carbocycles. The van der Waals surface area contributed by atoms with E-state index in [0.29, 0.717) is 5.41 Å². The highest BCUT2D eigenvalue weighted by Gasteiger charge is 2.37. The summed E-state index contributed by atoms with van der Waals surface area (Å²) in [6.45, 7) is 2.29. The van der Waals surface area contributed by atoms with Crippen LogP contribution in [0.3, 0.4) is 0 Å². The monoisotopic (exact) mass is 394 g/mol. The summed E-state index contributed by atoms with van der Waals surface area (Å²) in [5.41, 5.74) is 0.542. The average molecular weight is 396 g/mol. The van der Waals surface area contributed by atoms with Crippen molar-refractivity contribution in [1.29, 1.82) is 0 Å². The first-order valence-electron chi connectivity index (χ1n) is 8.41. The molecule has 0 heterocycles. The summed E-state index contributed by atoms with van der Waals surface area (Å²) in [6.07, 6.45) is 17.3. The standard InChI is InChI=1S/C17H32Br2/c1-2-3-4-5-6-7-10-13-17(14-18,15-19)16-11-8-9-12-16/h16H,2-15H2,1H3. The summed E-state index contributed by atoms with van der Waals surface area (Å²) in [5.74, 6) is 0.964. The molecule has 1 fully saturated rings. The van der Waals surface area contributed by atoms with Gasteiger partial charge < -0.3 is 0 Å². The van der Waals surface area contributed by atoms with Gasteiger partial charge in [-0.05, 0) is 30.6 Å². The largest absolute Gasteiger partial charge is 0.0922 e. The molecule has 1 rings (SSSR count). The molecule has 0 amide bonds. The summed E-state index contributed by atoms with van der Waals surface area (Å²) < 4.78 is 0. The van der Waals surface area contributed by atoms with Gasteiger partial charge in [0.1, 0.15) is 0 Å².